The molecule has 1 fully saturated rings. The summed E-state index contributed by atoms with van der Waals surface area (Å²) in [6.07, 6.45) is 6.30. The van der Waals surface area contributed by atoms with Crippen LogP contribution < -0.4 is 11.1 Å². The lowest BCUT2D eigenvalue weighted by molar-refractivity contribution is 0.500. The second-order valence-electron chi connectivity index (χ2n) is 5.11. The fourth-order valence-corrected chi connectivity index (χ4v) is 3.05. The summed E-state index contributed by atoms with van der Waals surface area (Å²) >= 11 is 0. The molecule has 0 bridgehead atoms. The average Bonchev–Trinajstić information content (AvgIpc) is 2.98. The molecule has 1 saturated heterocycles. The van der Waals surface area contributed by atoms with Crippen LogP contribution in [0.4, 0.5) is 0 Å². The summed E-state index contributed by atoms with van der Waals surface area (Å²) in [5.74, 6) is 0. The summed E-state index contributed by atoms with van der Waals surface area (Å²) in [7, 11) is 0. The van der Waals surface area contributed by atoms with Crippen molar-refractivity contribution in [3.63, 3.8) is 0 Å². The number of hydrogen-bond acceptors (Lipinski definition) is 2. The molecular weight excluding hydrogens is 196 g/mol. The fraction of sp³-hybridized carbons (Fsp3) is 0.571. The van der Waals surface area contributed by atoms with Gasteiger partial charge in [0.1, 0.15) is 0 Å². The van der Waals surface area contributed by atoms with Crippen LogP contribution in [0.3, 0.4) is 0 Å². The molecule has 16 heavy (non-hydrogen) atoms. The van der Waals surface area contributed by atoms with Crippen LogP contribution in [0.1, 0.15) is 42.0 Å². The summed E-state index contributed by atoms with van der Waals surface area (Å²) in [4.78, 5) is 0. The van der Waals surface area contributed by atoms with Crippen LogP contribution in [-0.2, 0) is 12.8 Å². The zero-order valence-electron chi connectivity index (χ0n) is 9.71. The average molecular weight is 216 g/mol. The summed E-state index contributed by atoms with van der Waals surface area (Å²) in [5, 5.41) is 3.50. The Labute approximate surface area is 97.2 Å². The van der Waals surface area contributed by atoms with Crippen LogP contribution in [0, 0.1) is 0 Å². The molecular formula is C14H20N2. The number of nitrogens with two attached hydrogens (primary N) is 1. The third-order valence-electron chi connectivity index (χ3n) is 4.04. The van der Waals surface area contributed by atoms with Crippen LogP contribution in [0.15, 0.2) is 18.2 Å². The highest BCUT2D eigenvalue weighted by molar-refractivity contribution is 5.37. The summed E-state index contributed by atoms with van der Waals surface area (Å²) in [5.41, 5.74) is 10.7. The van der Waals surface area contributed by atoms with E-state index in [2.05, 4.69) is 23.5 Å². The maximum Gasteiger partial charge on any atom is 0.0450 e. The molecule has 1 aromatic rings. The van der Waals surface area contributed by atoms with E-state index in [1.807, 2.05) is 0 Å². The number of hydrogen-bond donors (Lipinski definition) is 2. The third-order valence-corrected chi connectivity index (χ3v) is 4.04. The Bertz CT molecular complexity index is 380. The van der Waals surface area contributed by atoms with Gasteiger partial charge < -0.3 is 11.1 Å². The van der Waals surface area contributed by atoms with Gasteiger partial charge in [0.25, 0.3) is 0 Å². The van der Waals surface area contributed by atoms with Crippen molar-refractivity contribution in [3.8, 4) is 0 Å². The van der Waals surface area contributed by atoms with Crippen molar-refractivity contribution in [2.45, 2.75) is 44.2 Å². The van der Waals surface area contributed by atoms with E-state index in [9.17, 15) is 0 Å². The van der Waals surface area contributed by atoms with Gasteiger partial charge in [-0.3, -0.25) is 0 Å². The molecule has 1 aliphatic carbocycles. The van der Waals surface area contributed by atoms with E-state index in [4.69, 9.17) is 5.73 Å². The lowest BCUT2D eigenvalue weighted by atomic mass is 9.96. The van der Waals surface area contributed by atoms with Crippen molar-refractivity contribution in [3.05, 3.63) is 34.9 Å². The number of benzene rings is 1. The molecule has 0 radical (unpaired) electrons. The summed E-state index contributed by atoms with van der Waals surface area (Å²) < 4.78 is 0. The first-order valence-electron chi connectivity index (χ1n) is 6.45. The van der Waals surface area contributed by atoms with Gasteiger partial charge >= 0.3 is 0 Å². The van der Waals surface area contributed by atoms with Gasteiger partial charge in [-0.2, -0.15) is 0 Å². The monoisotopic (exact) mass is 216 g/mol. The zero-order valence-corrected chi connectivity index (χ0v) is 9.71. The van der Waals surface area contributed by atoms with Gasteiger partial charge in [0.2, 0.25) is 0 Å². The maximum absolute atomic E-state index is 6.33. The number of nitrogens with one attached hydrogen (secondary N) is 1. The molecule has 0 spiro atoms. The van der Waals surface area contributed by atoms with Crippen LogP contribution >= 0.6 is 0 Å². The van der Waals surface area contributed by atoms with Gasteiger partial charge in [0.05, 0.1) is 0 Å². The molecule has 0 saturated carbocycles. The molecule has 1 heterocycles. The molecule has 2 aliphatic rings. The molecule has 0 aromatic heterocycles. The molecule has 3 N–H and O–H groups in total. The van der Waals surface area contributed by atoms with Gasteiger partial charge in [0.15, 0.2) is 0 Å². The van der Waals surface area contributed by atoms with E-state index in [1.165, 1.54) is 48.8 Å². The van der Waals surface area contributed by atoms with E-state index >= 15 is 0 Å². The smallest absolute Gasteiger partial charge is 0.0450 e. The lowest BCUT2D eigenvalue weighted by Crippen LogP contribution is -2.34. The van der Waals surface area contributed by atoms with Crippen LogP contribution in [0.25, 0.3) is 0 Å². The van der Waals surface area contributed by atoms with E-state index in [-0.39, 0.29) is 6.04 Å². The summed E-state index contributed by atoms with van der Waals surface area (Å²) in [6.45, 7) is 1.13. The highest BCUT2D eigenvalue weighted by Gasteiger charge is 2.23. The van der Waals surface area contributed by atoms with Gasteiger partial charge in [-0.05, 0) is 55.3 Å². The molecule has 3 rings (SSSR count). The third kappa shape index (κ3) is 1.76. The van der Waals surface area contributed by atoms with Gasteiger partial charge in [0, 0.05) is 12.1 Å². The molecule has 2 nitrogen and oxygen atoms in total. The Morgan fingerprint density at radius 2 is 2.06 bits per heavy atom. The van der Waals surface area contributed by atoms with Crippen LogP contribution in [0.2, 0.25) is 0 Å². The molecule has 2 heteroatoms. The van der Waals surface area contributed by atoms with Crippen molar-refractivity contribution in [1.82, 2.24) is 5.32 Å². The Kier molecular flexibility index (Phi) is 2.70. The SMILES string of the molecule is NC(c1ccc2c(c1)CCC2)C1CCCN1. The van der Waals surface area contributed by atoms with E-state index in [0.29, 0.717) is 6.04 Å². The summed E-state index contributed by atoms with van der Waals surface area (Å²) in [6, 6.07) is 7.52. The van der Waals surface area contributed by atoms with Crippen LogP contribution in [-0.4, -0.2) is 12.6 Å². The predicted molar refractivity (Wildman–Crippen MR) is 66.4 cm³/mol. The molecule has 2 unspecified atom stereocenters. The first-order chi connectivity index (χ1) is 7.84. The zero-order chi connectivity index (χ0) is 11.0. The Hall–Kier alpha value is -0.860. The van der Waals surface area contributed by atoms with E-state index in [0.717, 1.165) is 6.54 Å². The lowest BCUT2D eigenvalue weighted by Gasteiger charge is -2.20. The highest BCUT2D eigenvalue weighted by Crippen LogP contribution is 2.27. The topological polar surface area (TPSA) is 38.0 Å². The first-order valence-corrected chi connectivity index (χ1v) is 6.45. The van der Waals surface area contributed by atoms with Gasteiger partial charge in [-0.25, -0.2) is 0 Å². The number of rotatable bonds is 2. The Balaban J connectivity index is 1.83. The van der Waals surface area contributed by atoms with Crippen molar-refractivity contribution >= 4 is 0 Å². The first kappa shape index (κ1) is 10.3. The minimum atomic E-state index is 0.174. The van der Waals surface area contributed by atoms with E-state index < -0.39 is 0 Å². The predicted octanol–water partition coefficient (Wildman–Crippen LogP) is 1.93. The second kappa shape index (κ2) is 4.19. The van der Waals surface area contributed by atoms with Crippen molar-refractivity contribution in [2.24, 2.45) is 5.73 Å². The van der Waals surface area contributed by atoms with Gasteiger partial charge in [-0.1, -0.05) is 18.2 Å². The quantitative estimate of drug-likeness (QED) is 0.792. The Morgan fingerprint density at radius 3 is 2.88 bits per heavy atom. The molecule has 2 atom stereocenters. The van der Waals surface area contributed by atoms with Crippen LogP contribution in [0.5, 0.6) is 0 Å². The van der Waals surface area contributed by atoms with Gasteiger partial charge in [-0.15, -0.1) is 0 Å². The van der Waals surface area contributed by atoms with Crippen molar-refractivity contribution < 1.29 is 0 Å². The van der Waals surface area contributed by atoms with Crippen molar-refractivity contribution in [2.75, 3.05) is 6.54 Å². The molecule has 0 amide bonds. The largest absolute Gasteiger partial charge is 0.323 e. The standard InChI is InChI=1S/C14H20N2/c15-14(13-5-2-8-16-13)12-7-6-10-3-1-4-11(10)9-12/h6-7,9,13-14,16H,1-5,8,15H2. The number of aryl methyl sites for hydroxylation is 2. The highest BCUT2D eigenvalue weighted by atomic mass is 15.0. The molecule has 86 valence electrons. The minimum Gasteiger partial charge on any atom is -0.323 e. The fourth-order valence-electron chi connectivity index (χ4n) is 3.05. The van der Waals surface area contributed by atoms with Crippen molar-refractivity contribution in [1.29, 1.82) is 0 Å². The minimum absolute atomic E-state index is 0.174. The second-order valence-corrected chi connectivity index (χ2v) is 5.11. The molecule has 1 aliphatic heterocycles. The normalized spacial score (nSPS) is 25.7. The maximum atomic E-state index is 6.33. The van der Waals surface area contributed by atoms with E-state index in [1.54, 1.807) is 0 Å². The Morgan fingerprint density at radius 1 is 1.19 bits per heavy atom. The number of fused-ring (bicyclic) bond motifs is 1. The molecule has 1 aromatic carbocycles.